The molecule has 1 aliphatic carbocycles. The first-order valence-electron chi connectivity index (χ1n) is 5.71. The average molecular weight is 250 g/mol. The normalized spacial score (nSPS) is 14.3. The van der Waals surface area contributed by atoms with E-state index in [1.807, 2.05) is 18.2 Å². The van der Waals surface area contributed by atoms with Crippen LogP contribution in [0.5, 0.6) is 0 Å². The van der Waals surface area contributed by atoms with Crippen LogP contribution in [0.4, 0.5) is 0 Å². The van der Waals surface area contributed by atoms with Gasteiger partial charge in [-0.05, 0) is 24.3 Å². The van der Waals surface area contributed by atoms with Crippen molar-refractivity contribution in [1.82, 2.24) is 4.98 Å². The van der Waals surface area contributed by atoms with Gasteiger partial charge < -0.3 is 4.74 Å². The fourth-order valence-electron chi connectivity index (χ4n) is 1.76. The maximum Gasteiger partial charge on any atom is 0.137 e. The van der Waals surface area contributed by atoms with Crippen molar-refractivity contribution in [2.24, 2.45) is 0 Å². The van der Waals surface area contributed by atoms with Crippen LogP contribution in [0, 0.1) is 0 Å². The highest BCUT2D eigenvalue weighted by molar-refractivity contribution is 6.34. The summed E-state index contributed by atoms with van der Waals surface area (Å²) in [4.78, 5) is 4.43. The molecule has 0 atom stereocenters. The van der Waals surface area contributed by atoms with Gasteiger partial charge in [0.15, 0.2) is 0 Å². The summed E-state index contributed by atoms with van der Waals surface area (Å²) in [6.45, 7) is 0. The number of pyridine rings is 1. The van der Waals surface area contributed by atoms with Crippen LogP contribution in [0.15, 0.2) is 30.3 Å². The van der Waals surface area contributed by atoms with Gasteiger partial charge in [-0.3, -0.25) is 0 Å². The number of fused-ring (bicyclic) bond motifs is 1. The van der Waals surface area contributed by atoms with Crippen molar-refractivity contribution >= 4 is 22.4 Å². The minimum absolute atomic E-state index is 0.644. The molecule has 1 fully saturated rings. The number of ether oxygens (including phenoxy) is 1. The van der Waals surface area contributed by atoms with E-state index in [0.717, 1.165) is 11.1 Å². The fourth-order valence-corrected chi connectivity index (χ4v) is 2.03. The van der Waals surface area contributed by atoms with E-state index in [9.17, 15) is 0 Å². The molecular formula is C14H16ClNO. The Morgan fingerprint density at radius 1 is 1.24 bits per heavy atom. The van der Waals surface area contributed by atoms with Crippen LogP contribution in [-0.2, 0) is 4.74 Å². The molecule has 3 heteroatoms. The fraction of sp³-hybridized carbons (Fsp3) is 0.357. The first-order valence-corrected chi connectivity index (χ1v) is 6.09. The Balaban J connectivity index is 0.000000329. The van der Waals surface area contributed by atoms with Gasteiger partial charge in [0, 0.05) is 31.2 Å². The van der Waals surface area contributed by atoms with Gasteiger partial charge in [-0.25, -0.2) is 4.98 Å². The molecule has 1 aliphatic rings. The summed E-state index contributed by atoms with van der Waals surface area (Å²) in [5, 5.41) is 2.90. The maximum atomic E-state index is 6.12. The molecule has 0 saturated heterocycles. The van der Waals surface area contributed by atoms with E-state index in [4.69, 9.17) is 11.6 Å². The topological polar surface area (TPSA) is 22.1 Å². The van der Waals surface area contributed by atoms with Gasteiger partial charge in [0.05, 0.1) is 0 Å². The highest BCUT2D eigenvalue weighted by Gasteiger charge is 2.25. The molecule has 1 heterocycles. The first kappa shape index (κ1) is 12.3. The highest BCUT2D eigenvalue weighted by atomic mass is 35.5. The lowest BCUT2D eigenvalue weighted by atomic mass is 10.1. The Kier molecular flexibility index (Phi) is 3.97. The minimum atomic E-state index is 0.644. The molecule has 0 unspecified atom stereocenters. The molecule has 0 N–H and O–H groups in total. The van der Waals surface area contributed by atoms with Gasteiger partial charge in [-0.1, -0.05) is 35.9 Å². The second kappa shape index (κ2) is 5.48. The van der Waals surface area contributed by atoms with Crippen molar-refractivity contribution in [3.8, 4) is 0 Å². The zero-order valence-corrected chi connectivity index (χ0v) is 10.9. The quantitative estimate of drug-likeness (QED) is 0.712. The van der Waals surface area contributed by atoms with E-state index in [2.05, 4.69) is 21.9 Å². The number of hydrogen-bond donors (Lipinski definition) is 0. The van der Waals surface area contributed by atoms with Crippen LogP contribution < -0.4 is 0 Å². The smallest absolute Gasteiger partial charge is 0.137 e. The summed E-state index contributed by atoms with van der Waals surface area (Å²) >= 11 is 6.12. The lowest BCUT2D eigenvalue weighted by molar-refractivity contribution is 0.277. The van der Waals surface area contributed by atoms with Crippen LogP contribution in [0.25, 0.3) is 10.8 Å². The lowest BCUT2D eigenvalue weighted by Crippen LogP contribution is -1.88. The average Bonchev–Trinajstić information content (AvgIpc) is 3.14. The van der Waals surface area contributed by atoms with E-state index in [1.54, 1.807) is 14.2 Å². The van der Waals surface area contributed by atoms with Crippen LogP contribution in [0.1, 0.15) is 24.5 Å². The Hall–Kier alpha value is -1.12. The predicted molar refractivity (Wildman–Crippen MR) is 71.7 cm³/mol. The van der Waals surface area contributed by atoms with Gasteiger partial charge >= 0.3 is 0 Å². The minimum Gasteiger partial charge on any atom is -0.388 e. The second-order valence-corrected chi connectivity index (χ2v) is 4.60. The lowest BCUT2D eigenvalue weighted by Gasteiger charge is -2.03. The van der Waals surface area contributed by atoms with E-state index >= 15 is 0 Å². The van der Waals surface area contributed by atoms with Crippen molar-refractivity contribution in [2.45, 2.75) is 18.8 Å². The highest BCUT2D eigenvalue weighted by Crippen LogP contribution is 2.40. The van der Waals surface area contributed by atoms with Crippen LogP contribution in [-0.4, -0.2) is 19.2 Å². The molecule has 0 amide bonds. The molecule has 0 spiro atoms. The number of aromatic nitrogens is 1. The van der Waals surface area contributed by atoms with Crippen LogP contribution in [0.2, 0.25) is 5.15 Å². The number of nitrogens with zero attached hydrogens (tertiary/aromatic N) is 1. The first-order chi connectivity index (χ1) is 8.26. The van der Waals surface area contributed by atoms with Gasteiger partial charge in [-0.2, -0.15) is 0 Å². The van der Waals surface area contributed by atoms with E-state index in [1.165, 1.54) is 18.2 Å². The monoisotopic (exact) mass is 249 g/mol. The Morgan fingerprint density at radius 3 is 2.53 bits per heavy atom. The molecule has 2 aromatic rings. The molecule has 3 rings (SSSR count). The summed E-state index contributed by atoms with van der Waals surface area (Å²) in [6.07, 6.45) is 2.53. The largest absolute Gasteiger partial charge is 0.388 e. The summed E-state index contributed by atoms with van der Waals surface area (Å²) < 4.78 is 4.25. The Bertz CT molecular complexity index is 509. The molecule has 90 valence electrons. The van der Waals surface area contributed by atoms with Crippen molar-refractivity contribution in [1.29, 1.82) is 0 Å². The van der Waals surface area contributed by atoms with Gasteiger partial charge in [0.1, 0.15) is 5.15 Å². The Morgan fingerprint density at radius 2 is 1.88 bits per heavy atom. The molecule has 1 aromatic carbocycles. The summed E-state index contributed by atoms with van der Waals surface area (Å²) in [5.41, 5.74) is 1.16. The van der Waals surface area contributed by atoms with Crippen LogP contribution >= 0.6 is 11.6 Å². The number of halogens is 1. The SMILES string of the molecule is COC.Clc1nc(C2CC2)cc2ccccc12. The molecule has 1 aromatic heterocycles. The maximum absolute atomic E-state index is 6.12. The zero-order valence-electron chi connectivity index (χ0n) is 10.1. The molecule has 1 saturated carbocycles. The number of benzene rings is 1. The molecule has 0 aliphatic heterocycles. The van der Waals surface area contributed by atoms with E-state index < -0.39 is 0 Å². The van der Waals surface area contributed by atoms with Gasteiger partial charge in [-0.15, -0.1) is 0 Å². The van der Waals surface area contributed by atoms with Crippen molar-refractivity contribution in [3.63, 3.8) is 0 Å². The van der Waals surface area contributed by atoms with Crippen molar-refractivity contribution in [3.05, 3.63) is 41.2 Å². The predicted octanol–water partition coefficient (Wildman–Crippen LogP) is 4.03. The van der Waals surface area contributed by atoms with Crippen molar-refractivity contribution < 1.29 is 4.74 Å². The number of methoxy groups -OCH3 is 1. The summed E-state index contributed by atoms with van der Waals surface area (Å²) in [7, 11) is 3.25. The number of rotatable bonds is 1. The van der Waals surface area contributed by atoms with Crippen molar-refractivity contribution in [2.75, 3.05) is 14.2 Å². The molecule has 17 heavy (non-hydrogen) atoms. The standard InChI is InChI=1S/C12H10ClN.C2H6O/c13-12-10-4-2-1-3-9(10)7-11(14-12)8-5-6-8;1-3-2/h1-4,7-8H,5-6H2;1-2H3. The molecule has 0 bridgehead atoms. The third-order valence-electron chi connectivity index (χ3n) is 2.71. The van der Waals surface area contributed by atoms with Gasteiger partial charge in [0.2, 0.25) is 0 Å². The third kappa shape index (κ3) is 2.96. The third-order valence-corrected chi connectivity index (χ3v) is 3.00. The number of hydrogen-bond acceptors (Lipinski definition) is 2. The molecular weight excluding hydrogens is 234 g/mol. The van der Waals surface area contributed by atoms with Gasteiger partial charge in [0.25, 0.3) is 0 Å². The van der Waals surface area contributed by atoms with E-state index in [0.29, 0.717) is 11.1 Å². The second-order valence-electron chi connectivity index (χ2n) is 4.24. The molecule has 2 nitrogen and oxygen atoms in total. The summed E-state index contributed by atoms with van der Waals surface area (Å²) in [5.74, 6) is 0.664. The Labute approximate surface area is 107 Å². The van der Waals surface area contributed by atoms with E-state index in [-0.39, 0.29) is 0 Å². The molecule has 0 radical (unpaired) electrons. The van der Waals surface area contributed by atoms with Crippen LogP contribution in [0.3, 0.4) is 0 Å². The zero-order chi connectivity index (χ0) is 12.3. The summed E-state index contributed by atoms with van der Waals surface area (Å²) in [6, 6.07) is 10.3.